The average molecular weight is 908 g/mol. The number of carbonyl (C=O) groups excluding carboxylic acids is 2. The zero-order valence-electron chi connectivity index (χ0n) is 32.4. The van der Waals surface area contributed by atoms with E-state index in [4.69, 9.17) is 4.42 Å². The Morgan fingerprint density at radius 2 is 1.17 bits per heavy atom. The molecule has 0 atom stereocenters. The number of fused-ring (bicyclic) bond motifs is 2. The number of hydrogen-bond donors (Lipinski definition) is 0. The molecular formula is C45H31F7N2O7PS+. The summed E-state index contributed by atoms with van der Waals surface area (Å²) < 4.78 is 134. The van der Waals surface area contributed by atoms with Crippen LogP contribution in [0.3, 0.4) is 0 Å². The molecule has 0 unspecified atom stereocenters. The van der Waals surface area contributed by atoms with Crippen molar-refractivity contribution in [2.45, 2.75) is 5.51 Å². The third kappa shape index (κ3) is 7.69. The molecule has 5 aromatic rings. The first-order chi connectivity index (χ1) is 30.0. The van der Waals surface area contributed by atoms with Crippen molar-refractivity contribution in [3.05, 3.63) is 166 Å². The number of halogens is 7. The highest BCUT2D eigenvalue weighted by Gasteiger charge is 2.50. The molecule has 0 aromatic heterocycles. The molecule has 0 N–H and O–H groups in total. The summed E-state index contributed by atoms with van der Waals surface area (Å²) in [6.07, 6.45) is 0.140. The maximum absolute atomic E-state index is 16.0. The van der Waals surface area contributed by atoms with Crippen molar-refractivity contribution in [3.8, 4) is 28.2 Å². The largest absolute Gasteiger partial charge is 0.534 e. The molecular weight excluding hydrogens is 877 g/mol. The molecule has 1 aliphatic carbocycles. The van der Waals surface area contributed by atoms with E-state index in [1.165, 1.54) is 29.2 Å². The molecule has 1 saturated heterocycles. The van der Waals surface area contributed by atoms with Crippen LogP contribution in [0, 0.1) is 23.3 Å². The van der Waals surface area contributed by atoms with E-state index < -0.39 is 91.1 Å². The molecule has 2 heterocycles. The quantitative estimate of drug-likeness (QED) is 0.0482. The van der Waals surface area contributed by atoms with Gasteiger partial charge in [-0.1, -0.05) is 72.8 Å². The van der Waals surface area contributed by atoms with E-state index >= 15 is 13.2 Å². The minimum atomic E-state index is -6.65. The summed E-state index contributed by atoms with van der Waals surface area (Å²) in [6.45, 7) is 0.227. The van der Waals surface area contributed by atoms with E-state index in [0.29, 0.717) is 12.1 Å². The number of alkyl halides is 3. The van der Waals surface area contributed by atoms with Crippen molar-refractivity contribution in [2.75, 3.05) is 32.3 Å². The molecule has 9 nitrogen and oxygen atoms in total. The lowest BCUT2D eigenvalue weighted by molar-refractivity contribution is -0.129. The van der Waals surface area contributed by atoms with Gasteiger partial charge in [0.2, 0.25) is 17.4 Å². The van der Waals surface area contributed by atoms with E-state index in [0.717, 1.165) is 15.9 Å². The van der Waals surface area contributed by atoms with Crippen LogP contribution in [0.5, 0.6) is 5.75 Å². The smallest absolute Gasteiger partial charge is 0.450 e. The fourth-order valence-electron chi connectivity index (χ4n) is 7.80. The first-order valence-corrected chi connectivity index (χ1v) is 22.4. The van der Waals surface area contributed by atoms with Gasteiger partial charge in [0.05, 0.1) is 0 Å². The van der Waals surface area contributed by atoms with Gasteiger partial charge < -0.3 is 18.4 Å². The van der Waals surface area contributed by atoms with Gasteiger partial charge in [-0.3, -0.25) is 14.4 Å². The molecule has 0 bridgehead atoms. The zero-order valence-corrected chi connectivity index (χ0v) is 34.1. The number of benzene rings is 6. The first-order valence-electron chi connectivity index (χ1n) is 19.0. The fourth-order valence-corrected chi connectivity index (χ4v) is 12.4. The number of carbonyl (C=O) groups is 2. The lowest BCUT2D eigenvalue weighted by Gasteiger charge is -2.36. The highest BCUT2D eigenvalue weighted by atomic mass is 32.2. The number of hydrogen-bond acceptors (Lipinski definition) is 7. The molecule has 63 heavy (non-hydrogen) atoms. The predicted molar refractivity (Wildman–Crippen MR) is 222 cm³/mol. The molecule has 2 aliphatic heterocycles. The second-order valence-corrected chi connectivity index (χ2v) is 19.4. The van der Waals surface area contributed by atoms with Crippen LogP contribution in [0.2, 0.25) is 0 Å². The standard InChI is InChI=1S/C45H31F7N2O7PS/c46-34-24-32-37(33-25-35(47)43(61-63(58,59)45(50,51)52)39(49)42(33)60-41(32)38(48)40(34)56)30-18-10-11-19-31(30)44(57)54-22-20-53(21-23-54)36(55)26-62(27-12-4-1-5-13-27,28-14-6-2-7-15-28)29-16-8-3-9-17-29/h1-19,24-25H,20-23,26H2/q+1. The van der Waals surface area contributed by atoms with Gasteiger partial charge in [0.1, 0.15) is 23.2 Å². The third-order valence-corrected chi connectivity index (χ3v) is 16.0. The van der Waals surface area contributed by atoms with Gasteiger partial charge in [-0.05, 0) is 60.2 Å². The van der Waals surface area contributed by atoms with Crippen LogP contribution in [0.15, 0.2) is 137 Å². The van der Waals surface area contributed by atoms with Gasteiger partial charge in [-0.2, -0.15) is 30.4 Å². The van der Waals surface area contributed by atoms with Gasteiger partial charge >= 0.3 is 15.6 Å². The predicted octanol–water partition coefficient (Wildman–Crippen LogP) is 7.63. The third-order valence-electron chi connectivity index (χ3n) is 10.8. The Morgan fingerprint density at radius 1 is 0.667 bits per heavy atom. The minimum absolute atomic E-state index is 0.0123. The summed E-state index contributed by atoms with van der Waals surface area (Å²) in [4.78, 5) is 44.3. The molecule has 8 rings (SSSR count). The van der Waals surface area contributed by atoms with E-state index in [1.54, 1.807) is 4.90 Å². The summed E-state index contributed by atoms with van der Waals surface area (Å²) in [5, 5.41) is 2.27. The highest BCUT2D eigenvalue weighted by molar-refractivity contribution is 7.96. The van der Waals surface area contributed by atoms with Crippen LogP contribution in [0.25, 0.3) is 33.4 Å². The SMILES string of the molecule is O=C(C[P+](c1ccccc1)(c1ccccc1)c1ccccc1)N1CCN(C(=O)c2ccccc2-c2c3cc(F)c(=O)c(F)c-3oc3c(F)c(OS(=O)(=O)C(F)(F)F)c(F)cc23)CC1. The topological polar surface area (TPSA) is 114 Å². The van der Waals surface area contributed by atoms with Crippen molar-refractivity contribution in [1.82, 2.24) is 9.80 Å². The second kappa shape index (κ2) is 16.6. The second-order valence-electron chi connectivity index (χ2n) is 14.4. The van der Waals surface area contributed by atoms with Crippen LogP contribution in [0.4, 0.5) is 30.7 Å². The normalized spacial score (nSPS) is 13.7. The van der Waals surface area contributed by atoms with Crippen molar-refractivity contribution < 1.29 is 57.3 Å². The van der Waals surface area contributed by atoms with Gasteiger partial charge in [0, 0.05) is 48.3 Å². The first kappa shape index (κ1) is 43.1. The fraction of sp³-hybridized carbons (Fsp3) is 0.133. The Bertz CT molecular complexity index is 2940. The van der Waals surface area contributed by atoms with Gasteiger partial charge in [0.15, 0.2) is 29.1 Å². The Morgan fingerprint density at radius 3 is 1.71 bits per heavy atom. The lowest BCUT2D eigenvalue weighted by Crippen LogP contribution is -2.52. The Kier molecular flexibility index (Phi) is 11.4. The molecule has 3 aliphatic rings. The summed E-state index contributed by atoms with van der Waals surface area (Å²) >= 11 is 0. The lowest BCUT2D eigenvalue weighted by atomic mass is 9.90. The molecule has 0 spiro atoms. The van der Waals surface area contributed by atoms with Crippen LogP contribution < -0.4 is 25.5 Å². The number of rotatable bonds is 9. The number of amides is 2. The molecule has 1 fully saturated rings. The average Bonchev–Trinajstić information content (AvgIpc) is 3.29. The zero-order chi connectivity index (χ0) is 44.8. The van der Waals surface area contributed by atoms with Crippen LogP contribution in [-0.4, -0.2) is 67.9 Å². The van der Waals surface area contributed by atoms with Crippen LogP contribution in [-0.2, 0) is 14.9 Å². The molecule has 322 valence electrons. The van der Waals surface area contributed by atoms with Crippen LogP contribution in [0.1, 0.15) is 10.4 Å². The van der Waals surface area contributed by atoms with Crippen molar-refractivity contribution >= 4 is 56.1 Å². The summed E-state index contributed by atoms with van der Waals surface area (Å²) in [5.41, 5.74) is -10.7. The van der Waals surface area contributed by atoms with Gasteiger partial charge in [-0.25, -0.2) is 8.78 Å². The van der Waals surface area contributed by atoms with E-state index in [2.05, 4.69) is 4.18 Å². The summed E-state index contributed by atoms with van der Waals surface area (Å²) in [6, 6.07) is 35.5. The molecule has 5 aromatic carbocycles. The minimum Gasteiger partial charge on any atom is -0.450 e. The number of nitrogens with zero attached hydrogens (tertiary/aromatic N) is 2. The van der Waals surface area contributed by atoms with Crippen molar-refractivity contribution in [2.24, 2.45) is 0 Å². The van der Waals surface area contributed by atoms with Crippen LogP contribution >= 0.6 is 7.26 Å². The molecule has 18 heteroatoms. The molecule has 0 saturated carbocycles. The van der Waals surface area contributed by atoms with Crippen molar-refractivity contribution in [1.29, 1.82) is 0 Å². The summed E-state index contributed by atoms with van der Waals surface area (Å²) in [7, 11) is -9.22. The maximum atomic E-state index is 16.0. The van der Waals surface area contributed by atoms with Gasteiger partial charge in [0.25, 0.3) is 17.2 Å². The molecule has 2 amide bonds. The maximum Gasteiger partial charge on any atom is 0.534 e. The van der Waals surface area contributed by atoms with E-state index in [-0.39, 0.29) is 49.4 Å². The van der Waals surface area contributed by atoms with E-state index in [9.17, 15) is 40.4 Å². The Hall–Kier alpha value is -6.58. The highest BCUT2D eigenvalue weighted by Crippen LogP contribution is 2.55. The van der Waals surface area contributed by atoms with E-state index in [1.807, 2.05) is 91.0 Å². The summed E-state index contributed by atoms with van der Waals surface area (Å²) in [5.74, 6) is -11.8. The van der Waals surface area contributed by atoms with Gasteiger partial charge in [-0.15, -0.1) is 0 Å². The number of piperazine rings is 1. The van der Waals surface area contributed by atoms with Crippen molar-refractivity contribution in [3.63, 3.8) is 0 Å². The molecule has 0 radical (unpaired) electrons. The monoisotopic (exact) mass is 907 g/mol. The Labute approximate surface area is 354 Å². The Balaban J connectivity index is 1.15.